The van der Waals surface area contributed by atoms with Crippen molar-refractivity contribution < 1.29 is 34.2 Å². The van der Waals surface area contributed by atoms with Crippen LogP contribution >= 0.6 is 0 Å². The van der Waals surface area contributed by atoms with Crippen molar-refractivity contribution in [3.05, 3.63) is 12.2 Å². The van der Waals surface area contributed by atoms with Crippen molar-refractivity contribution in [2.24, 2.45) is 0 Å². The number of rotatable bonds is 15. The minimum atomic E-state index is -1.18. The number of carboxylic acid groups (broad SMARTS) is 3. The smallest absolute Gasteiger partial charge is 0.362 e. The van der Waals surface area contributed by atoms with Crippen molar-refractivity contribution in [1.82, 2.24) is 0 Å². The topological polar surface area (TPSA) is 112 Å². The number of hydrogen-bond acceptors (Lipinski definition) is 3. The Kier molecular flexibility index (Phi) is 11.6. The molecule has 0 aliphatic carbocycles. The average Bonchev–Trinajstić information content (AvgIpc) is 2.61. The molecular weight excluding hydrogens is 350 g/mol. The van der Waals surface area contributed by atoms with Crippen LogP contribution in [-0.2, 0) is 14.4 Å². The van der Waals surface area contributed by atoms with Crippen molar-refractivity contribution in [1.29, 1.82) is 0 Å². The zero-order chi connectivity index (χ0) is 21.0. The summed E-state index contributed by atoms with van der Waals surface area (Å²) in [5.41, 5.74) is 0. The van der Waals surface area contributed by atoms with Gasteiger partial charge in [0, 0.05) is 0 Å². The molecule has 7 heteroatoms. The van der Waals surface area contributed by atoms with E-state index in [1.54, 1.807) is 0 Å². The van der Waals surface area contributed by atoms with Gasteiger partial charge in [-0.3, -0.25) is 4.48 Å². The molecule has 0 aliphatic rings. The predicted molar refractivity (Wildman–Crippen MR) is 104 cm³/mol. The lowest BCUT2D eigenvalue weighted by molar-refractivity contribution is -0.968. The lowest BCUT2D eigenvalue weighted by atomic mass is 10.00. The van der Waals surface area contributed by atoms with E-state index in [0.29, 0.717) is 6.42 Å². The fourth-order valence-electron chi connectivity index (χ4n) is 3.67. The second kappa shape index (κ2) is 12.5. The van der Waals surface area contributed by atoms with Crippen molar-refractivity contribution in [3.63, 3.8) is 0 Å². The number of carboxylic acids is 3. The fourth-order valence-corrected chi connectivity index (χ4v) is 3.67. The second-order valence-corrected chi connectivity index (χ2v) is 7.20. The van der Waals surface area contributed by atoms with E-state index >= 15 is 0 Å². The summed E-state index contributed by atoms with van der Waals surface area (Å²) in [6, 6.07) is -3.37. The van der Waals surface area contributed by atoms with E-state index in [2.05, 4.69) is 19.1 Å². The maximum absolute atomic E-state index is 11.7. The van der Waals surface area contributed by atoms with Gasteiger partial charge in [-0.25, -0.2) is 14.4 Å². The highest BCUT2D eigenvalue weighted by Gasteiger charge is 2.52. The summed E-state index contributed by atoms with van der Waals surface area (Å²) in [5.74, 6) is -3.54. The highest BCUT2D eigenvalue weighted by Crippen LogP contribution is 2.27. The summed E-state index contributed by atoms with van der Waals surface area (Å²) in [6.45, 7) is 6.52. The zero-order valence-electron chi connectivity index (χ0n) is 17.1. The van der Waals surface area contributed by atoms with Gasteiger partial charge in [0.1, 0.15) is 0 Å². The number of allylic oxidation sites excluding steroid dienone is 2. The van der Waals surface area contributed by atoms with E-state index in [1.807, 2.05) is 0 Å². The van der Waals surface area contributed by atoms with Crippen LogP contribution in [0.1, 0.15) is 72.6 Å². The Balaban J connectivity index is 5.09. The summed E-state index contributed by atoms with van der Waals surface area (Å²) in [4.78, 5) is 35.0. The molecule has 27 heavy (non-hydrogen) atoms. The molecule has 0 aromatic rings. The van der Waals surface area contributed by atoms with Crippen LogP contribution in [0.15, 0.2) is 12.2 Å². The Morgan fingerprint density at radius 1 is 0.741 bits per heavy atom. The Morgan fingerprint density at radius 2 is 1.15 bits per heavy atom. The molecule has 3 atom stereocenters. The first-order chi connectivity index (χ1) is 12.6. The molecule has 0 saturated carbocycles. The third kappa shape index (κ3) is 7.33. The maximum atomic E-state index is 11.7. The molecule has 3 unspecified atom stereocenters. The van der Waals surface area contributed by atoms with E-state index in [9.17, 15) is 29.7 Å². The lowest BCUT2D eigenvalue weighted by Crippen LogP contribution is -2.70. The highest BCUT2D eigenvalue weighted by molar-refractivity contribution is 5.77. The quantitative estimate of drug-likeness (QED) is 0.225. The minimum Gasteiger partial charge on any atom is -0.477 e. The van der Waals surface area contributed by atoms with Gasteiger partial charge in [0.05, 0.1) is 6.54 Å². The molecule has 0 heterocycles. The minimum absolute atomic E-state index is 0.212. The van der Waals surface area contributed by atoms with Gasteiger partial charge in [0.25, 0.3) is 0 Å². The Morgan fingerprint density at radius 3 is 1.56 bits per heavy atom. The molecule has 3 N–H and O–H groups in total. The van der Waals surface area contributed by atoms with Crippen LogP contribution in [0.5, 0.6) is 0 Å². The summed E-state index contributed by atoms with van der Waals surface area (Å²) in [7, 11) is 0. The molecule has 0 radical (unpaired) electrons. The molecule has 0 spiro atoms. The molecule has 0 fully saturated rings. The molecule has 0 aromatic heterocycles. The van der Waals surface area contributed by atoms with Crippen molar-refractivity contribution in [2.75, 3.05) is 6.54 Å². The zero-order valence-corrected chi connectivity index (χ0v) is 17.1. The van der Waals surface area contributed by atoms with Crippen molar-refractivity contribution in [3.8, 4) is 0 Å². The third-order valence-corrected chi connectivity index (χ3v) is 5.55. The number of hydrogen-bond donors (Lipinski definition) is 3. The third-order valence-electron chi connectivity index (χ3n) is 5.55. The van der Waals surface area contributed by atoms with E-state index in [1.165, 1.54) is 20.8 Å². The number of aliphatic carboxylic acids is 3. The van der Waals surface area contributed by atoms with E-state index in [-0.39, 0.29) is 6.54 Å². The monoisotopic (exact) mass is 386 g/mol. The standard InChI is InChI=1S/C20H35NO6/c1-5-6-7-8-9-10-11-12-13-14-21(15(2)18(22)23,16(3)19(24)25)17(4)20(26)27/h6-7,15-17H,5,8-14H2,1-4H3,(H2-,22,23,24,25,26,27)/p+1/b7-6+. The van der Waals surface area contributed by atoms with Gasteiger partial charge in [-0.2, -0.15) is 0 Å². The van der Waals surface area contributed by atoms with Gasteiger partial charge in [0.15, 0.2) is 18.1 Å². The van der Waals surface area contributed by atoms with Crippen LogP contribution in [0.4, 0.5) is 0 Å². The molecule has 0 rings (SSSR count). The molecule has 0 saturated heterocycles. The van der Waals surface area contributed by atoms with Crippen LogP contribution < -0.4 is 0 Å². The molecule has 0 amide bonds. The lowest BCUT2D eigenvalue weighted by Gasteiger charge is -2.47. The van der Waals surface area contributed by atoms with Gasteiger partial charge < -0.3 is 15.3 Å². The van der Waals surface area contributed by atoms with Crippen molar-refractivity contribution >= 4 is 17.9 Å². The predicted octanol–water partition coefficient (Wildman–Crippen LogP) is 3.53. The maximum Gasteiger partial charge on any atom is 0.362 e. The summed E-state index contributed by atoms with van der Waals surface area (Å²) in [6.07, 6.45) is 10.9. The second-order valence-electron chi connectivity index (χ2n) is 7.20. The summed E-state index contributed by atoms with van der Waals surface area (Å²) >= 11 is 0. The number of nitrogens with zero attached hydrogens (tertiary/aromatic N) is 1. The van der Waals surface area contributed by atoms with Crippen molar-refractivity contribution in [2.45, 2.75) is 90.8 Å². The number of quaternary nitrogens is 1. The fraction of sp³-hybridized carbons (Fsp3) is 0.750. The summed E-state index contributed by atoms with van der Waals surface area (Å²) < 4.78 is -0.487. The number of carbonyl (C=O) groups is 3. The van der Waals surface area contributed by atoms with Crippen LogP contribution in [0.25, 0.3) is 0 Å². The molecule has 0 bridgehead atoms. The van der Waals surface area contributed by atoms with E-state index in [4.69, 9.17) is 0 Å². The van der Waals surface area contributed by atoms with Gasteiger partial charge >= 0.3 is 17.9 Å². The van der Waals surface area contributed by atoms with Gasteiger partial charge in [-0.1, -0.05) is 31.9 Å². The Hall–Kier alpha value is -1.89. The highest BCUT2D eigenvalue weighted by atomic mass is 16.4. The molecule has 0 aromatic carbocycles. The van der Waals surface area contributed by atoms with E-state index in [0.717, 1.165) is 38.5 Å². The Labute approximate surface area is 162 Å². The number of unbranched alkanes of at least 4 members (excludes halogenated alkanes) is 5. The summed E-state index contributed by atoms with van der Waals surface area (Å²) in [5, 5.41) is 28.5. The van der Waals surface area contributed by atoms with Gasteiger partial charge in [-0.05, 0) is 52.9 Å². The first-order valence-corrected chi connectivity index (χ1v) is 9.83. The molecule has 0 aliphatic heterocycles. The van der Waals surface area contributed by atoms with Crippen LogP contribution in [0, 0.1) is 0 Å². The average molecular weight is 387 g/mol. The van der Waals surface area contributed by atoms with Gasteiger partial charge in [0.2, 0.25) is 0 Å². The largest absolute Gasteiger partial charge is 0.477 e. The Bertz CT molecular complexity index is 466. The van der Waals surface area contributed by atoms with Crippen LogP contribution in [-0.4, -0.2) is 62.4 Å². The van der Waals surface area contributed by atoms with Crippen LogP contribution in [0.2, 0.25) is 0 Å². The normalized spacial score (nSPS) is 17.2. The molecule has 7 nitrogen and oxygen atoms in total. The first kappa shape index (κ1) is 25.1. The molecular formula is C20H36NO6+. The van der Waals surface area contributed by atoms with Gasteiger partial charge in [-0.15, -0.1) is 0 Å². The SMILES string of the molecule is CC/C=C/CCCCCCC[N+](C(C)C(=O)O)(C(C)C(=O)O)C(C)C(=O)O. The molecule has 156 valence electrons. The first-order valence-electron chi connectivity index (χ1n) is 9.83. The van der Waals surface area contributed by atoms with E-state index < -0.39 is 40.5 Å². The van der Waals surface area contributed by atoms with Crippen LogP contribution in [0.3, 0.4) is 0 Å².